The number of anilines is 1. The van der Waals surface area contributed by atoms with E-state index in [4.69, 9.17) is 5.73 Å². The minimum Gasteiger partial charge on any atom is -0.381 e. The number of nitrogens with one attached hydrogen (secondary N) is 1. The van der Waals surface area contributed by atoms with Crippen LogP contribution in [-0.4, -0.2) is 34.9 Å². The Morgan fingerprint density at radius 2 is 2.00 bits per heavy atom. The van der Waals surface area contributed by atoms with Gasteiger partial charge in [0.2, 0.25) is 0 Å². The first-order valence-electron chi connectivity index (χ1n) is 8.19. The number of benzene rings is 1. The highest BCUT2D eigenvalue weighted by Crippen LogP contribution is 2.21. The zero-order valence-electron chi connectivity index (χ0n) is 13.7. The zero-order valence-corrected chi connectivity index (χ0v) is 13.7. The fourth-order valence-corrected chi connectivity index (χ4v) is 3.07. The number of amides is 1. The van der Waals surface area contributed by atoms with Gasteiger partial charge < -0.3 is 11.1 Å². The Morgan fingerprint density at radius 3 is 2.68 bits per heavy atom. The number of primary amides is 1. The maximum absolute atomic E-state index is 13.3. The molecule has 1 saturated heterocycles. The van der Waals surface area contributed by atoms with Crippen LogP contribution >= 0.6 is 0 Å². The molecule has 3 N–H and O–H groups in total. The average molecular weight is 346 g/mol. The van der Waals surface area contributed by atoms with Crippen LogP contribution < -0.4 is 11.1 Å². The van der Waals surface area contributed by atoms with Gasteiger partial charge in [0.1, 0.15) is 0 Å². The van der Waals surface area contributed by atoms with Crippen molar-refractivity contribution in [1.82, 2.24) is 9.88 Å². The smallest absolute Gasteiger partial charge is 0.252 e. The van der Waals surface area contributed by atoms with Gasteiger partial charge >= 0.3 is 0 Å². The predicted octanol–water partition coefficient (Wildman–Crippen LogP) is 2.54. The Labute approximate surface area is 144 Å². The number of piperidine rings is 1. The van der Waals surface area contributed by atoms with Crippen molar-refractivity contribution in [3.63, 3.8) is 0 Å². The third-order valence-corrected chi connectivity index (χ3v) is 4.42. The Morgan fingerprint density at radius 1 is 1.24 bits per heavy atom. The number of carbonyl (C=O) groups is 1. The summed E-state index contributed by atoms with van der Waals surface area (Å²) in [6.45, 7) is 2.24. The van der Waals surface area contributed by atoms with Crippen LogP contribution in [0.4, 0.5) is 14.5 Å². The number of likely N-dealkylation sites (tertiary alicyclic amines) is 1. The Bertz CT molecular complexity index is 760. The van der Waals surface area contributed by atoms with Gasteiger partial charge in [0.15, 0.2) is 11.6 Å². The van der Waals surface area contributed by atoms with Gasteiger partial charge in [-0.2, -0.15) is 0 Å². The second kappa shape index (κ2) is 7.57. The molecule has 0 saturated carbocycles. The summed E-state index contributed by atoms with van der Waals surface area (Å²) < 4.78 is 26.3. The SMILES string of the molecule is NC(=O)c1cnccc1NC1CCN(Cc2ccc(F)c(F)c2)CC1. The Hall–Kier alpha value is -2.54. The topological polar surface area (TPSA) is 71.2 Å². The van der Waals surface area contributed by atoms with Gasteiger partial charge in [-0.25, -0.2) is 8.78 Å². The number of pyridine rings is 1. The molecule has 1 aliphatic heterocycles. The van der Waals surface area contributed by atoms with Crippen molar-refractivity contribution in [3.8, 4) is 0 Å². The lowest BCUT2D eigenvalue weighted by Crippen LogP contribution is -2.39. The van der Waals surface area contributed by atoms with Crippen LogP contribution in [0.1, 0.15) is 28.8 Å². The van der Waals surface area contributed by atoms with Crippen LogP contribution in [-0.2, 0) is 6.54 Å². The highest BCUT2D eigenvalue weighted by molar-refractivity contribution is 5.98. The second-order valence-electron chi connectivity index (χ2n) is 6.23. The summed E-state index contributed by atoms with van der Waals surface area (Å²) in [6.07, 6.45) is 4.84. The van der Waals surface area contributed by atoms with E-state index in [-0.39, 0.29) is 6.04 Å². The fourth-order valence-electron chi connectivity index (χ4n) is 3.07. The van der Waals surface area contributed by atoms with Crippen molar-refractivity contribution < 1.29 is 13.6 Å². The van der Waals surface area contributed by atoms with Crippen LogP contribution in [0.15, 0.2) is 36.7 Å². The molecule has 5 nitrogen and oxygen atoms in total. The maximum Gasteiger partial charge on any atom is 0.252 e. The highest BCUT2D eigenvalue weighted by Gasteiger charge is 2.21. The summed E-state index contributed by atoms with van der Waals surface area (Å²) in [4.78, 5) is 17.6. The summed E-state index contributed by atoms with van der Waals surface area (Å²) >= 11 is 0. The summed E-state index contributed by atoms with van der Waals surface area (Å²) in [6, 6.07) is 5.98. The maximum atomic E-state index is 13.3. The van der Waals surface area contributed by atoms with Crippen molar-refractivity contribution in [2.75, 3.05) is 18.4 Å². The largest absolute Gasteiger partial charge is 0.381 e. The number of hydrogen-bond donors (Lipinski definition) is 2. The van der Waals surface area contributed by atoms with Gasteiger partial charge in [0.05, 0.1) is 11.3 Å². The van der Waals surface area contributed by atoms with Crippen molar-refractivity contribution in [3.05, 3.63) is 59.4 Å². The van der Waals surface area contributed by atoms with Gasteiger partial charge in [-0.1, -0.05) is 6.07 Å². The molecule has 2 aromatic rings. The number of carbonyl (C=O) groups excluding carboxylic acids is 1. The van der Waals surface area contributed by atoms with E-state index in [1.807, 2.05) is 0 Å². The van der Waals surface area contributed by atoms with E-state index in [2.05, 4.69) is 15.2 Å². The molecule has 1 fully saturated rings. The minimum absolute atomic E-state index is 0.224. The molecule has 0 aliphatic carbocycles. The molecule has 0 radical (unpaired) electrons. The van der Waals surface area contributed by atoms with Crippen LogP contribution in [0.5, 0.6) is 0 Å². The molecule has 7 heteroatoms. The van der Waals surface area contributed by atoms with Crippen LogP contribution in [0.2, 0.25) is 0 Å². The number of halogens is 2. The number of nitrogens with zero attached hydrogens (tertiary/aromatic N) is 2. The molecular formula is C18H20F2N4O. The lowest BCUT2D eigenvalue weighted by molar-refractivity contribution is 0.100. The first kappa shape index (κ1) is 17.3. The molecular weight excluding hydrogens is 326 g/mol. The van der Waals surface area contributed by atoms with Gasteiger partial charge in [-0.05, 0) is 36.6 Å². The molecule has 0 atom stereocenters. The highest BCUT2D eigenvalue weighted by atomic mass is 19.2. The zero-order chi connectivity index (χ0) is 17.8. The van der Waals surface area contributed by atoms with Gasteiger partial charge in [-0.3, -0.25) is 14.7 Å². The minimum atomic E-state index is -0.825. The molecule has 3 rings (SSSR count). The third-order valence-electron chi connectivity index (χ3n) is 4.42. The van der Waals surface area contributed by atoms with E-state index >= 15 is 0 Å². The summed E-state index contributed by atoms with van der Waals surface area (Å²) in [7, 11) is 0. The lowest BCUT2D eigenvalue weighted by Gasteiger charge is -2.33. The van der Waals surface area contributed by atoms with Crippen LogP contribution in [0.25, 0.3) is 0 Å². The summed E-state index contributed by atoms with van der Waals surface area (Å²) in [5.74, 6) is -2.15. The summed E-state index contributed by atoms with van der Waals surface area (Å²) in [5.41, 5.74) is 7.20. The molecule has 2 heterocycles. The summed E-state index contributed by atoms with van der Waals surface area (Å²) in [5, 5.41) is 3.35. The first-order chi connectivity index (χ1) is 12.0. The van der Waals surface area contributed by atoms with E-state index in [1.54, 1.807) is 18.3 Å². The molecule has 1 aromatic carbocycles. The monoisotopic (exact) mass is 346 g/mol. The lowest BCUT2D eigenvalue weighted by atomic mass is 10.0. The molecule has 1 aromatic heterocycles. The fraction of sp³-hybridized carbons (Fsp3) is 0.333. The van der Waals surface area contributed by atoms with Crippen molar-refractivity contribution in [1.29, 1.82) is 0 Å². The van der Waals surface area contributed by atoms with E-state index < -0.39 is 17.5 Å². The van der Waals surface area contributed by atoms with Crippen LogP contribution in [0, 0.1) is 11.6 Å². The van der Waals surface area contributed by atoms with E-state index in [0.717, 1.165) is 37.6 Å². The van der Waals surface area contributed by atoms with Gasteiger partial charge in [0, 0.05) is 38.1 Å². The number of hydrogen-bond acceptors (Lipinski definition) is 4. The normalized spacial score (nSPS) is 15.9. The van der Waals surface area contributed by atoms with Crippen molar-refractivity contribution >= 4 is 11.6 Å². The molecule has 0 unspecified atom stereocenters. The average Bonchev–Trinajstić information content (AvgIpc) is 2.60. The Balaban J connectivity index is 1.55. The third kappa shape index (κ3) is 4.30. The van der Waals surface area contributed by atoms with E-state index in [0.29, 0.717) is 17.8 Å². The van der Waals surface area contributed by atoms with E-state index in [9.17, 15) is 13.6 Å². The van der Waals surface area contributed by atoms with Crippen molar-refractivity contribution in [2.24, 2.45) is 5.73 Å². The van der Waals surface area contributed by atoms with E-state index in [1.165, 1.54) is 12.3 Å². The number of nitrogens with two attached hydrogens (primary N) is 1. The molecule has 0 spiro atoms. The molecule has 0 bridgehead atoms. The molecule has 1 aliphatic rings. The van der Waals surface area contributed by atoms with Gasteiger partial charge in [0.25, 0.3) is 5.91 Å². The predicted molar refractivity (Wildman–Crippen MR) is 91.0 cm³/mol. The quantitative estimate of drug-likeness (QED) is 0.873. The van der Waals surface area contributed by atoms with Crippen molar-refractivity contribution in [2.45, 2.75) is 25.4 Å². The number of aromatic nitrogens is 1. The number of rotatable bonds is 5. The first-order valence-corrected chi connectivity index (χ1v) is 8.19. The molecule has 1 amide bonds. The molecule has 132 valence electrons. The van der Waals surface area contributed by atoms with Crippen LogP contribution in [0.3, 0.4) is 0 Å². The second-order valence-corrected chi connectivity index (χ2v) is 6.23. The standard InChI is InChI=1S/C18H20F2N4O/c19-15-2-1-12(9-16(15)20)11-24-7-4-13(5-8-24)23-17-3-6-22-10-14(17)18(21)25/h1-3,6,9-10,13H,4-5,7-8,11H2,(H2,21,25)(H,22,23). The Kier molecular flexibility index (Phi) is 5.23. The van der Waals surface area contributed by atoms with Gasteiger partial charge in [-0.15, -0.1) is 0 Å². The molecule has 25 heavy (non-hydrogen) atoms.